The third-order valence-electron chi connectivity index (χ3n) is 2.89. The molecule has 0 radical (unpaired) electrons. The first kappa shape index (κ1) is 19.1. The summed E-state index contributed by atoms with van der Waals surface area (Å²) in [6.45, 7) is 10.2. The van der Waals surface area contributed by atoms with Crippen molar-refractivity contribution in [2.24, 2.45) is 0 Å². The van der Waals surface area contributed by atoms with Crippen molar-refractivity contribution in [3.05, 3.63) is 23.8 Å². The van der Waals surface area contributed by atoms with Crippen molar-refractivity contribution in [1.29, 1.82) is 0 Å². The van der Waals surface area contributed by atoms with Crippen LogP contribution in [0.15, 0.2) is 18.2 Å². The van der Waals surface area contributed by atoms with Crippen molar-refractivity contribution in [2.45, 2.75) is 59.5 Å². The number of hydrogen-bond acceptors (Lipinski definition) is 5. The van der Waals surface area contributed by atoms with E-state index in [0.717, 1.165) is 12.0 Å². The Balaban J connectivity index is 2.68. The second-order valence-electron chi connectivity index (χ2n) is 6.13. The summed E-state index contributed by atoms with van der Waals surface area (Å²) in [6.07, 6.45) is -0.0387. The number of anilines is 1. The number of rotatable bonds is 7. The summed E-state index contributed by atoms with van der Waals surface area (Å²) < 4.78 is 16.4. The van der Waals surface area contributed by atoms with Crippen LogP contribution in [-0.2, 0) is 16.0 Å². The van der Waals surface area contributed by atoms with E-state index in [4.69, 9.17) is 19.9 Å². The molecule has 0 spiro atoms. The van der Waals surface area contributed by atoms with Crippen molar-refractivity contribution in [1.82, 2.24) is 5.32 Å². The van der Waals surface area contributed by atoms with E-state index in [-0.39, 0.29) is 12.8 Å². The number of alkyl carbamates (subject to hydrolysis) is 1. The van der Waals surface area contributed by atoms with Crippen LogP contribution in [0.1, 0.15) is 46.6 Å². The molecule has 1 rings (SSSR count). The third kappa shape index (κ3) is 7.23. The molecule has 6 nitrogen and oxygen atoms in total. The molecule has 1 aromatic carbocycles. The predicted molar refractivity (Wildman–Crippen MR) is 90.3 cm³/mol. The molecule has 0 aromatic heterocycles. The van der Waals surface area contributed by atoms with Gasteiger partial charge in [0.15, 0.2) is 6.29 Å². The van der Waals surface area contributed by atoms with Crippen LogP contribution in [0.25, 0.3) is 0 Å². The van der Waals surface area contributed by atoms with Crippen LogP contribution >= 0.6 is 0 Å². The average Bonchev–Trinajstić information content (AvgIpc) is 2.45. The molecule has 0 aliphatic rings. The number of nitrogens with one attached hydrogen (secondary N) is 1. The molecule has 3 N–H and O–H groups in total. The van der Waals surface area contributed by atoms with Crippen molar-refractivity contribution in [3.63, 3.8) is 0 Å². The average molecular weight is 324 g/mol. The fourth-order valence-corrected chi connectivity index (χ4v) is 1.86. The van der Waals surface area contributed by atoms with Crippen molar-refractivity contribution >= 4 is 11.8 Å². The molecule has 1 amide bonds. The van der Waals surface area contributed by atoms with Gasteiger partial charge in [-0.25, -0.2) is 4.79 Å². The molecule has 6 heteroatoms. The largest absolute Gasteiger partial charge is 0.465 e. The summed E-state index contributed by atoms with van der Waals surface area (Å²) in [4.78, 5) is 11.7. The van der Waals surface area contributed by atoms with Gasteiger partial charge in [0, 0.05) is 25.3 Å². The summed E-state index contributed by atoms with van der Waals surface area (Å²) in [6, 6.07) is 5.34. The maximum absolute atomic E-state index is 11.7. The lowest BCUT2D eigenvalue weighted by Crippen LogP contribution is -2.32. The van der Waals surface area contributed by atoms with Crippen molar-refractivity contribution in [3.8, 4) is 5.75 Å². The zero-order chi connectivity index (χ0) is 17.5. The maximum Gasteiger partial charge on any atom is 0.407 e. The molecule has 1 atom stereocenters. The minimum Gasteiger partial charge on any atom is -0.465 e. The molecule has 1 unspecified atom stereocenters. The lowest BCUT2D eigenvalue weighted by Gasteiger charge is -2.20. The van der Waals surface area contributed by atoms with Crippen LogP contribution in [0.5, 0.6) is 5.75 Å². The van der Waals surface area contributed by atoms with Gasteiger partial charge in [-0.05, 0) is 51.5 Å². The minimum absolute atomic E-state index is 0.267. The monoisotopic (exact) mass is 324 g/mol. The molecule has 0 aliphatic carbocycles. The fraction of sp³-hybridized carbons (Fsp3) is 0.588. The van der Waals surface area contributed by atoms with Crippen molar-refractivity contribution in [2.75, 3.05) is 12.3 Å². The number of carbonyl (C=O) groups is 1. The van der Waals surface area contributed by atoms with E-state index >= 15 is 0 Å². The molecule has 0 aliphatic heterocycles. The Labute approximate surface area is 138 Å². The second kappa shape index (κ2) is 8.62. The van der Waals surface area contributed by atoms with E-state index in [1.807, 2.05) is 34.6 Å². The van der Waals surface area contributed by atoms with Crippen LogP contribution in [0.3, 0.4) is 0 Å². The zero-order valence-corrected chi connectivity index (χ0v) is 14.6. The van der Waals surface area contributed by atoms with Crippen LogP contribution in [-0.4, -0.2) is 24.6 Å². The number of benzene rings is 1. The molecular formula is C17H28N2O4. The number of nitrogen functional groups attached to an aromatic ring is 1. The van der Waals surface area contributed by atoms with Gasteiger partial charge in [0.25, 0.3) is 0 Å². The Bertz CT molecular complexity index is 512. The zero-order valence-electron chi connectivity index (χ0n) is 14.6. The first-order valence-electron chi connectivity index (χ1n) is 7.88. The SMILES string of the molecule is CCOC(CC)Oc1ccc(N)c(CNC(=O)OC(C)(C)C)c1. The highest BCUT2D eigenvalue weighted by Gasteiger charge is 2.16. The molecule has 0 saturated heterocycles. The Morgan fingerprint density at radius 2 is 2.00 bits per heavy atom. The standard InChI is InChI=1S/C17H28N2O4/c1-6-15(21-7-2)22-13-8-9-14(18)12(10-13)11-19-16(20)23-17(3,4)5/h8-10,15H,6-7,11,18H2,1-5H3,(H,19,20). The third-order valence-corrected chi connectivity index (χ3v) is 2.89. The number of amides is 1. The lowest BCUT2D eigenvalue weighted by atomic mass is 10.1. The fourth-order valence-electron chi connectivity index (χ4n) is 1.86. The van der Waals surface area contributed by atoms with E-state index in [1.54, 1.807) is 18.2 Å². The summed E-state index contributed by atoms with van der Waals surface area (Å²) in [5, 5.41) is 2.69. The van der Waals surface area contributed by atoms with Gasteiger partial charge in [0.05, 0.1) is 0 Å². The molecule has 0 bridgehead atoms. The molecular weight excluding hydrogens is 296 g/mol. The smallest absolute Gasteiger partial charge is 0.407 e. The minimum atomic E-state index is -0.535. The first-order valence-corrected chi connectivity index (χ1v) is 7.88. The van der Waals surface area contributed by atoms with Crippen LogP contribution < -0.4 is 15.8 Å². The first-order chi connectivity index (χ1) is 10.7. The molecule has 0 fully saturated rings. The van der Waals surface area contributed by atoms with E-state index in [2.05, 4.69) is 5.32 Å². The summed E-state index contributed by atoms with van der Waals surface area (Å²) in [5.41, 5.74) is 6.76. The lowest BCUT2D eigenvalue weighted by molar-refractivity contribution is -0.0766. The van der Waals surface area contributed by atoms with Gasteiger partial charge in [-0.15, -0.1) is 0 Å². The quantitative estimate of drug-likeness (QED) is 0.593. The van der Waals surface area contributed by atoms with E-state index in [9.17, 15) is 4.79 Å². The van der Waals surface area contributed by atoms with E-state index in [1.165, 1.54) is 0 Å². The van der Waals surface area contributed by atoms with Gasteiger partial charge >= 0.3 is 6.09 Å². The summed E-state index contributed by atoms with van der Waals surface area (Å²) >= 11 is 0. The van der Waals surface area contributed by atoms with Gasteiger partial charge in [0.1, 0.15) is 11.4 Å². The number of carbonyl (C=O) groups excluding carboxylic acids is 1. The van der Waals surface area contributed by atoms with Gasteiger partial charge in [-0.1, -0.05) is 6.92 Å². The summed E-state index contributed by atoms with van der Waals surface area (Å²) in [7, 11) is 0. The van der Waals surface area contributed by atoms with Crippen LogP contribution in [0.4, 0.5) is 10.5 Å². The number of hydrogen-bond donors (Lipinski definition) is 2. The molecule has 0 heterocycles. The Kier molecular flexibility index (Phi) is 7.16. The molecule has 0 saturated carbocycles. The van der Waals surface area contributed by atoms with E-state index in [0.29, 0.717) is 18.0 Å². The number of nitrogens with two attached hydrogens (primary N) is 1. The highest BCUT2D eigenvalue weighted by Crippen LogP contribution is 2.21. The Morgan fingerprint density at radius 1 is 1.30 bits per heavy atom. The topological polar surface area (TPSA) is 82.8 Å². The van der Waals surface area contributed by atoms with Crippen molar-refractivity contribution < 1.29 is 19.0 Å². The highest BCUT2D eigenvalue weighted by atomic mass is 16.7. The van der Waals surface area contributed by atoms with Gasteiger partial charge in [0.2, 0.25) is 0 Å². The Morgan fingerprint density at radius 3 is 2.57 bits per heavy atom. The highest BCUT2D eigenvalue weighted by molar-refractivity contribution is 5.68. The summed E-state index contributed by atoms with van der Waals surface area (Å²) in [5.74, 6) is 0.653. The van der Waals surface area contributed by atoms with Crippen LogP contribution in [0, 0.1) is 0 Å². The normalized spacial score (nSPS) is 12.6. The molecule has 130 valence electrons. The van der Waals surface area contributed by atoms with Gasteiger partial charge in [-0.2, -0.15) is 0 Å². The van der Waals surface area contributed by atoms with Gasteiger partial charge < -0.3 is 25.3 Å². The molecule has 1 aromatic rings. The Hall–Kier alpha value is -1.95. The van der Waals surface area contributed by atoms with E-state index < -0.39 is 11.7 Å². The maximum atomic E-state index is 11.7. The van der Waals surface area contributed by atoms with Crippen LogP contribution in [0.2, 0.25) is 0 Å². The van der Waals surface area contributed by atoms with Gasteiger partial charge in [-0.3, -0.25) is 0 Å². The second-order valence-corrected chi connectivity index (χ2v) is 6.13. The number of ether oxygens (including phenoxy) is 3. The molecule has 23 heavy (non-hydrogen) atoms. The predicted octanol–water partition coefficient (Wildman–Crippen LogP) is 3.44.